The van der Waals surface area contributed by atoms with Gasteiger partial charge in [0.1, 0.15) is 23.0 Å². The van der Waals surface area contributed by atoms with Crippen molar-refractivity contribution in [2.75, 3.05) is 42.7 Å². The highest BCUT2D eigenvalue weighted by molar-refractivity contribution is 5.88. The number of methoxy groups -OCH3 is 6. The molecule has 22 nitrogen and oxygen atoms in total. The van der Waals surface area contributed by atoms with Crippen molar-refractivity contribution in [3.63, 3.8) is 0 Å². The molecule has 5 N–H and O–H groups in total. The molecule has 0 bridgehead atoms. The standard InChI is InChI=1S/C22H20N4O5.C21H17N3O3.C18H12N4O3/c1-28-14-7-5-12(9-16(14)30-3)18-19(13-6-8-15(29-2)17(10-13)31-4)26-21-20(25-18)22(27)24-11-23-21;1-26-15-7-3-5-13(11-15)18-19(14-6-4-8-16(12-14)27-2)24-21-20(23-18)17(25)9-10-22-21;23-12-5-1-10(2-6-12)14-15(11-3-7-13(24)8-4-11)22-17-16(21-14)18(25)20-9-19-17/h5-11H,1-4H3,(H,23,24,26,27);3-12H,1-2H3,(H,22,24,25);1-9,23-24H,(H,19,20,22,25). The number of hydrogen-bond donors (Lipinski definition) is 5. The monoisotopic (exact) mass is 1110 g/mol. The highest BCUT2D eigenvalue weighted by Gasteiger charge is 2.21. The summed E-state index contributed by atoms with van der Waals surface area (Å²) in [6, 6.07) is 40.3. The Morgan fingerprint density at radius 1 is 0.361 bits per heavy atom. The van der Waals surface area contributed by atoms with E-state index in [1.807, 2.05) is 60.7 Å². The van der Waals surface area contributed by atoms with Crippen LogP contribution < -0.4 is 45.0 Å². The van der Waals surface area contributed by atoms with Gasteiger partial charge in [-0.1, -0.05) is 24.3 Å². The first-order valence-electron chi connectivity index (χ1n) is 25.1. The van der Waals surface area contributed by atoms with Crippen LogP contribution in [0.3, 0.4) is 0 Å². The molecule has 0 aliphatic rings. The van der Waals surface area contributed by atoms with Crippen LogP contribution in [-0.2, 0) is 0 Å². The summed E-state index contributed by atoms with van der Waals surface area (Å²) in [5.41, 5.74) is 8.27. The Kier molecular flexibility index (Phi) is 16.0. The first-order chi connectivity index (χ1) is 40.4. The van der Waals surface area contributed by atoms with Crippen LogP contribution >= 0.6 is 0 Å². The number of ether oxygens (including phenoxy) is 6. The third kappa shape index (κ3) is 11.6. The molecule has 83 heavy (non-hydrogen) atoms. The molecule has 6 aromatic carbocycles. The highest BCUT2D eigenvalue weighted by Crippen LogP contribution is 2.39. The van der Waals surface area contributed by atoms with Gasteiger partial charge in [-0.15, -0.1) is 0 Å². The number of phenols is 2. The Morgan fingerprint density at radius 2 is 0.747 bits per heavy atom. The van der Waals surface area contributed by atoms with Gasteiger partial charge in [0.25, 0.3) is 11.1 Å². The Morgan fingerprint density at radius 3 is 1.19 bits per heavy atom. The number of phenolic OH excluding ortho intramolecular Hbond substituents is 2. The van der Waals surface area contributed by atoms with Gasteiger partial charge in [0, 0.05) is 45.6 Å². The number of hydrogen-bond acceptors (Lipinski definition) is 19. The average Bonchev–Trinajstić information content (AvgIpc) is 3.71. The molecule has 0 saturated carbocycles. The molecule has 6 heterocycles. The quantitative estimate of drug-likeness (QED) is 0.0761. The molecular weight excluding hydrogens is 1060 g/mol. The molecule has 12 rings (SSSR count). The van der Waals surface area contributed by atoms with Crippen molar-refractivity contribution < 1.29 is 38.6 Å². The van der Waals surface area contributed by atoms with Crippen molar-refractivity contribution in [3.05, 3.63) is 189 Å². The van der Waals surface area contributed by atoms with Crippen LogP contribution in [0, 0.1) is 0 Å². The molecule has 0 spiro atoms. The number of fused-ring (bicyclic) bond motifs is 3. The lowest BCUT2D eigenvalue weighted by Gasteiger charge is -2.14. The van der Waals surface area contributed by atoms with Crippen molar-refractivity contribution >= 4 is 33.5 Å². The molecule has 0 atom stereocenters. The van der Waals surface area contributed by atoms with Crippen molar-refractivity contribution in [2.24, 2.45) is 0 Å². The Hall–Kier alpha value is -11.6. The number of rotatable bonds is 12. The number of nitrogens with zero attached hydrogens (tertiary/aromatic N) is 8. The molecule has 22 heteroatoms. The fraction of sp³-hybridized carbons (Fsp3) is 0.0984. The predicted octanol–water partition coefficient (Wildman–Crippen LogP) is 9.21. The maximum absolute atomic E-state index is 12.3. The normalized spacial score (nSPS) is 10.8. The number of aromatic amines is 3. The minimum Gasteiger partial charge on any atom is -0.508 e. The van der Waals surface area contributed by atoms with E-state index in [1.165, 1.54) is 30.9 Å². The van der Waals surface area contributed by atoms with Crippen LogP contribution in [-0.4, -0.2) is 108 Å². The summed E-state index contributed by atoms with van der Waals surface area (Å²) in [6.07, 6.45) is 4.15. The third-order valence-electron chi connectivity index (χ3n) is 12.8. The van der Waals surface area contributed by atoms with Gasteiger partial charge in [0.2, 0.25) is 5.43 Å². The topological polar surface area (TPSA) is 298 Å². The van der Waals surface area contributed by atoms with E-state index in [0.29, 0.717) is 91.0 Å². The van der Waals surface area contributed by atoms with E-state index in [1.54, 1.807) is 110 Å². The summed E-state index contributed by atoms with van der Waals surface area (Å²) in [5, 5.41) is 19.0. The van der Waals surface area contributed by atoms with Gasteiger partial charge in [-0.05, 0) is 109 Å². The molecule has 414 valence electrons. The first kappa shape index (κ1) is 54.8. The van der Waals surface area contributed by atoms with E-state index >= 15 is 0 Å². The summed E-state index contributed by atoms with van der Waals surface area (Å²) >= 11 is 0. The number of pyridine rings is 1. The Labute approximate surface area is 470 Å². The minimum atomic E-state index is -0.380. The number of H-pyrrole nitrogens is 3. The molecule has 0 amide bonds. The highest BCUT2D eigenvalue weighted by atomic mass is 16.5. The molecule has 0 unspecified atom stereocenters. The second-order valence-electron chi connectivity index (χ2n) is 17.8. The van der Waals surface area contributed by atoms with Crippen LogP contribution in [0.4, 0.5) is 0 Å². The second-order valence-corrected chi connectivity index (χ2v) is 17.8. The lowest BCUT2D eigenvalue weighted by molar-refractivity contribution is 0.355. The van der Waals surface area contributed by atoms with Crippen LogP contribution in [0.2, 0.25) is 0 Å². The van der Waals surface area contributed by atoms with Gasteiger partial charge in [0.05, 0.1) is 89.5 Å². The summed E-state index contributed by atoms with van der Waals surface area (Å²) in [4.78, 5) is 80.5. The maximum atomic E-state index is 12.3. The summed E-state index contributed by atoms with van der Waals surface area (Å²) < 4.78 is 32.2. The number of nitrogens with one attached hydrogen (secondary N) is 3. The first-order valence-corrected chi connectivity index (χ1v) is 25.1. The molecule has 0 radical (unpaired) electrons. The van der Waals surface area contributed by atoms with E-state index in [4.69, 9.17) is 33.4 Å². The van der Waals surface area contributed by atoms with Crippen LogP contribution in [0.15, 0.2) is 173 Å². The smallest absolute Gasteiger partial charge is 0.278 e. The zero-order valence-electron chi connectivity index (χ0n) is 45.2. The van der Waals surface area contributed by atoms with Crippen LogP contribution in [0.5, 0.6) is 46.0 Å². The predicted molar refractivity (Wildman–Crippen MR) is 311 cm³/mol. The minimum absolute atomic E-state index is 0.128. The number of aromatic hydroxyl groups is 2. The van der Waals surface area contributed by atoms with E-state index < -0.39 is 0 Å². The number of benzene rings is 6. The van der Waals surface area contributed by atoms with Crippen molar-refractivity contribution in [1.82, 2.24) is 54.8 Å². The molecule has 0 aliphatic heterocycles. The van der Waals surface area contributed by atoms with E-state index in [2.05, 4.69) is 49.8 Å². The van der Waals surface area contributed by atoms with Crippen molar-refractivity contribution in [2.45, 2.75) is 0 Å². The lowest BCUT2D eigenvalue weighted by atomic mass is 10.0. The van der Waals surface area contributed by atoms with Gasteiger partial charge < -0.3 is 53.6 Å². The SMILES string of the molecule is COc1ccc(-c2nc3nc[nH]c(=O)c3nc2-c2ccc(OC)c(OC)c2)cc1OC.COc1cccc(-c2nc3[nH]ccc(=O)c3nc2-c2cccc(OC)c2)c1.O=c1[nH]cnc2nc(-c3ccc(O)cc3)c(-c3ccc(O)cc3)nc12. The third-order valence-corrected chi connectivity index (χ3v) is 12.8. The molecule has 0 saturated heterocycles. The largest absolute Gasteiger partial charge is 0.508 e. The zero-order chi connectivity index (χ0) is 58.1. The van der Waals surface area contributed by atoms with Gasteiger partial charge in [-0.25, -0.2) is 39.9 Å². The van der Waals surface area contributed by atoms with Crippen LogP contribution in [0.25, 0.3) is 101 Å². The Bertz CT molecular complexity index is 4540. The summed E-state index contributed by atoms with van der Waals surface area (Å²) in [6.45, 7) is 0. The van der Waals surface area contributed by atoms with E-state index in [9.17, 15) is 24.6 Å². The maximum Gasteiger partial charge on any atom is 0.278 e. The Balaban J connectivity index is 0.000000140. The van der Waals surface area contributed by atoms with Crippen LogP contribution in [0.1, 0.15) is 0 Å². The summed E-state index contributed by atoms with van der Waals surface area (Å²) in [7, 11) is 9.47. The van der Waals surface area contributed by atoms with E-state index in [0.717, 1.165) is 22.3 Å². The molecule has 12 aromatic rings. The molecular formula is C61H49N11O11. The second kappa shape index (κ2) is 24.2. The molecule has 0 fully saturated rings. The molecule has 6 aromatic heterocycles. The van der Waals surface area contributed by atoms with Gasteiger partial charge in [0.15, 0.2) is 56.5 Å². The van der Waals surface area contributed by atoms with E-state index in [-0.39, 0.29) is 50.4 Å². The van der Waals surface area contributed by atoms with Crippen molar-refractivity contribution in [1.29, 1.82) is 0 Å². The molecule has 0 aliphatic carbocycles. The number of aromatic nitrogens is 11. The fourth-order valence-corrected chi connectivity index (χ4v) is 8.72. The lowest BCUT2D eigenvalue weighted by Crippen LogP contribution is -2.11. The van der Waals surface area contributed by atoms with Gasteiger partial charge in [-0.2, -0.15) is 0 Å². The van der Waals surface area contributed by atoms with Gasteiger partial charge in [-0.3, -0.25) is 14.4 Å². The zero-order valence-corrected chi connectivity index (χ0v) is 45.2. The summed E-state index contributed by atoms with van der Waals surface area (Å²) in [5.74, 6) is 3.91. The van der Waals surface area contributed by atoms with Gasteiger partial charge >= 0.3 is 0 Å². The fourth-order valence-electron chi connectivity index (χ4n) is 8.72. The average molecular weight is 1110 g/mol. The van der Waals surface area contributed by atoms with Crippen molar-refractivity contribution in [3.8, 4) is 114 Å².